The fraction of sp³-hybridized carbons (Fsp3) is 0.611. The van der Waals surface area contributed by atoms with Crippen molar-refractivity contribution < 1.29 is 4.79 Å². The van der Waals surface area contributed by atoms with E-state index in [1.165, 1.54) is 36.0 Å². The average Bonchev–Trinajstić information content (AvgIpc) is 2.41. The zero-order valence-electron chi connectivity index (χ0n) is 13.0. The van der Waals surface area contributed by atoms with Crippen LogP contribution in [-0.4, -0.2) is 5.78 Å². The van der Waals surface area contributed by atoms with Crippen LogP contribution in [0.3, 0.4) is 0 Å². The molecule has 104 valence electrons. The van der Waals surface area contributed by atoms with E-state index in [4.69, 9.17) is 0 Å². The molecule has 1 nitrogen and oxygen atoms in total. The summed E-state index contributed by atoms with van der Waals surface area (Å²) in [5, 5.41) is 0. The van der Waals surface area contributed by atoms with Gasteiger partial charge < -0.3 is 0 Å². The fourth-order valence-corrected chi connectivity index (χ4v) is 3.40. The molecular weight excluding hydrogens is 232 g/mol. The molecule has 0 N–H and O–H groups in total. The van der Waals surface area contributed by atoms with E-state index in [0.717, 1.165) is 12.0 Å². The lowest BCUT2D eigenvalue weighted by atomic mass is 9.66. The van der Waals surface area contributed by atoms with Crippen molar-refractivity contribution >= 4 is 5.78 Å². The summed E-state index contributed by atoms with van der Waals surface area (Å²) in [6, 6.07) is 4.51. The second-order valence-electron chi connectivity index (χ2n) is 6.36. The zero-order chi connectivity index (χ0) is 14.2. The van der Waals surface area contributed by atoms with E-state index < -0.39 is 0 Å². The predicted molar refractivity (Wildman–Crippen MR) is 81.1 cm³/mol. The molecule has 0 fully saturated rings. The van der Waals surface area contributed by atoms with E-state index in [2.05, 4.69) is 39.8 Å². The van der Waals surface area contributed by atoms with Gasteiger partial charge in [-0.05, 0) is 66.7 Å². The number of aryl methyl sites for hydroxylation is 1. The molecule has 2 atom stereocenters. The Morgan fingerprint density at radius 3 is 2.58 bits per heavy atom. The van der Waals surface area contributed by atoms with Crippen LogP contribution in [0.2, 0.25) is 0 Å². The van der Waals surface area contributed by atoms with Gasteiger partial charge in [0.25, 0.3) is 0 Å². The molecule has 1 aliphatic carbocycles. The Hall–Kier alpha value is -1.11. The average molecular weight is 258 g/mol. The highest BCUT2D eigenvalue weighted by Gasteiger charge is 2.34. The first-order valence-electron chi connectivity index (χ1n) is 7.61. The number of benzene rings is 1. The molecule has 0 bridgehead atoms. The number of fused-ring (bicyclic) bond motifs is 1. The summed E-state index contributed by atoms with van der Waals surface area (Å²) < 4.78 is 0. The highest BCUT2D eigenvalue weighted by Crippen LogP contribution is 2.45. The SMILES string of the molecule is CCc1cc2c(cc1C(C)=O)[C@H](C)CC[C@]2(C)CC. The van der Waals surface area contributed by atoms with Crippen molar-refractivity contribution in [2.75, 3.05) is 0 Å². The largest absolute Gasteiger partial charge is 0.295 e. The van der Waals surface area contributed by atoms with E-state index in [1.54, 1.807) is 6.92 Å². The Morgan fingerprint density at radius 1 is 1.37 bits per heavy atom. The van der Waals surface area contributed by atoms with E-state index in [-0.39, 0.29) is 5.78 Å². The van der Waals surface area contributed by atoms with Crippen LogP contribution in [-0.2, 0) is 11.8 Å². The summed E-state index contributed by atoms with van der Waals surface area (Å²) in [7, 11) is 0. The van der Waals surface area contributed by atoms with Crippen molar-refractivity contribution in [1.82, 2.24) is 0 Å². The third-order valence-electron chi connectivity index (χ3n) is 5.13. The van der Waals surface area contributed by atoms with Gasteiger partial charge in [-0.2, -0.15) is 0 Å². The molecule has 1 heteroatoms. The number of carbonyl (C=O) groups is 1. The zero-order valence-corrected chi connectivity index (χ0v) is 13.0. The molecule has 2 rings (SSSR count). The third-order valence-corrected chi connectivity index (χ3v) is 5.13. The van der Waals surface area contributed by atoms with Gasteiger partial charge in [-0.1, -0.05) is 33.8 Å². The molecule has 0 saturated heterocycles. The predicted octanol–water partition coefficient (Wildman–Crippen LogP) is 5.02. The number of carbonyl (C=O) groups excluding carboxylic acids is 1. The molecule has 0 aromatic heterocycles. The first-order chi connectivity index (χ1) is 8.92. The Bertz CT molecular complexity index is 501. The number of ketones is 1. The molecule has 19 heavy (non-hydrogen) atoms. The van der Waals surface area contributed by atoms with E-state index in [9.17, 15) is 4.79 Å². The first-order valence-corrected chi connectivity index (χ1v) is 7.61. The minimum Gasteiger partial charge on any atom is -0.295 e. The van der Waals surface area contributed by atoms with Gasteiger partial charge >= 0.3 is 0 Å². The van der Waals surface area contributed by atoms with Crippen molar-refractivity contribution in [3.8, 4) is 0 Å². The van der Waals surface area contributed by atoms with E-state index >= 15 is 0 Å². The van der Waals surface area contributed by atoms with Crippen LogP contribution in [0.15, 0.2) is 12.1 Å². The van der Waals surface area contributed by atoms with Crippen LogP contribution in [0, 0.1) is 0 Å². The highest BCUT2D eigenvalue weighted by molar-refractivity contribution is 5.96. The molecule has 0 spiro atoms. The van der Waals surface area contributed by atoms with Crippen molar-refractivity contribution in [1.29, 1.82) is 0 Å². The van der Waals surface area contributed by atoms with Crippen LogP contribution in [0.25, 0.3) is 0 Å². The summed E-state index contributed by atoms with van der Waals surface area (Å²) >= 11 is 0. The third kappa shape index (κ3) is 2.35. The van der Waals surface area contributed by atoms with Crippen LogP contribution in [0.4, 0.5) is 0 Å². The van der Waals surface area contributed by atoms with Gasteiger partial charge in [0, 0.05) is 5.56 Å². The lowest BCUT2D eigenvalue weighted by Crippen LogP contribution is -2.29. The van der Waals surface area contributed by atoms with Crippen molar-refractivity contribution in [2.24, 2.45) is 0 Å². The van der Waals surface area contributed by atoms with Gasteiger partial charge in [-0.25, -0.2) is 0 Å². The standard InChI is InChI=1S/C18H26O/c1-6-14-10-17-15(11-16(14)13(4)19)12(3)8-9-18(17,5)7-2/h10-12H,6-9H2,1-5H3/t12-,18+/m1/s1. The Labute approximate surface area is 117 Å². The van der Waals surface area contributed by atoms with Crippen LogP contribution in [0.5, 0.6) is 0 Å². The van der Waals surface area contributed by atoms with Gasteiger partial charge in [0.2, 0.25) is 0 Å². The quantitative estimate of drug-likeness (QED) is 0.696. The molecule has 0 aliphatic heterocycles. The van der Waals surface area contributed by atoms with Crippen molar-refractivity contribution in [3.63, 3.8) is 0 Å². The molecule has 0 amide bonds. The van der Waals surface area contributed by atoms with Crippen molar-refractivity contribution in [2.45, 2.75) is 71.6 Å². The maximum absolute atomic E-state index is 11.8. The second kappa shape index (κ2) is 5.11. The normalized spacial score (nSPS) is 26.1. The molecule has 0 radical (unpaired) electrons. The summed E-state index contributed by atoms with van der Waals surface area (Å²) in [6.45, 7) is 10.8. The molecular formula is C18H26O. The van der Waals surface area contributed by atoms with Crippen LogP contribution >= 0.6 is 0 Å². The van der Waals surface area contributed by atoms with Crippen LogP contribution < -0.4 is 0 Å². The van der Waals surface area contributed by atoms with E-state index in [0.29, 0.717) is 11.3 Å². The molecule has 1 aromatic carbocycles. The monoisotopic (exact) mass is 258 g/mol. The summed E-state index contributed by atoms with van der Waals surface area (Å²) in [6.07, 6.45) is 4.62. The smallest absolute Gasteiger partial charge is 0.160 e. The van der Waals surface area contributed by atoms with Gasteiger partial charge in [-0.3, -0.25) is 4.79 Å². The lowest BCUT2D eigenvalue weighted by molar-refractivity contribution is 0.101. The minimum absolute atomic E-state index is 0.204. The number of rotatable bonds is 3. The fourth-order valence-electron chi connectivity index (χ4n) is 3.40. The maximum atomic E-state index is 11.8. The molecule has 1 aliphatic rings. The summed E-state index contributed by atoms with van der Waals surface area (Å²) in [5.41, 5.74) is 5.36. The molecule has 0 unspecified atom stereocenters. The highest BCUT2D eigenvalue weighted by atomic mass is 16.1. The Kier molecular flexibility index (Phi) is 3.85. The summed E-state index contributed by atoms with van der Waals surface area (Å²) in [5.74, 6) is 0.786. The first kappa shape index (κ1) is 14.3. The summed E-state index contributed by atoms with van der Waals surface area (Å²) in [4.78, 5) is 11.8. The Morgan fingerprint density at radius 2 is 2.05 bits per heavy atom. The van der Waals surface area contributed by atoms with Crippen molar-refractivity contribution in [3.05, 3.63) is 34.4 Å². The Balaban J connectivity index is 2.67. The van der Waals surface area contributed by atoms with Gasteiger partial charge in [0.15, 0.2) is 5.78 Å². The maximum Gasteiger partial charge on any atom is 0.160 e. The lowest BCUT2D eigenvalue weighted by Gasteiger charge is -2.39. The van der Waals surface area contributed by atoms with Gasteiger partial charge in [0.05, 0.1) is 0 Å². The minimum atomic E-state index is 0.204. The molecule has 0 heterocycles. The number of hydrogen-bond donors (Lipinski definition) is 0. The topological polar surface area (TPSA) is 17.1 Å². The van der Waals surface area contributed by atoms with Gasteiger partial charge in [0.1, 0.15) is 0 Å². The number of hydrogen-bond acceptors (Lipinski definition) is 1. The second-order valence-corrected chi connectivity index (χ2v) is 6.36. The molecule has 1 aromatic rings. The van der Waals surface area contributed by atoms with Gasteiger partial charge in [-0.15, -0.1) is 0 Å². The van der Waals surface area contributed by atoms with Crippen LogP contribution in [0.1, 0.15) is 86.8 Å². The van der Waals surface area contributed by atoms with E-state index in [1.807, 2.05) is 0 Å². The number of Topliss-reactive ketones (excluding diaryl/α,β-unsaturated/α-hetero) is 1. The molecule has 0 saturated carbocycles.